The molecule has 0 saturated carbocycles. The molecule has 2 rings (SSSR count). The first kappa shape index (κ1) is 14.1. The van der Waals surface area contributed by atoms with E-state index in [0.29, 0.717) is 18.0 Å². The van der Waals surface area contributed by atoms with Crippen LogP contribution in [0.5, 0.6) is 0 Å². The van der Waals surface area contributed by atoms with Crippen LogP contribution in [0.4, 0.5) is 0 Å². The SMILES string of the molecule is COC[C@@H](C)OC(=O)c1cnc(-c2ccccc2)nc1. The van der Waals surface area contributed by atoms with Crippen molar-refractivity contribution in [2.75, 3.05) is 13.7 Å². The minimum Gasteiger partial charge on any atom is -0.457 e. The third-order valence-corrected chi connectivity index (χ3v) is 2.63. The maximum absolute atomic E-state index is 11.8. The van der Waals surface area contributed by atoms with Crippen molar-refractivity contribution in [2.45, 2.75) is 13.0 Å². The van der Waals surface area contributed by atoms with Gasteiger partial charge in [0.1, 0.15) is 6.10 Å². The first-order chi connectivity index (χ1) is 9.70. The van der Waals surface area contributed by atoms with Crippen molar-refractivity contribution in [3.8, 4) is 11.4 Å². The van der Waals surface area contributed by atoms with Gasteiger partial charge < -0.3 is 9.47 Å². The molecule has 0 bridgehead atoms. The van der Waals surface area contributed by atoms with Gasteiger partial charge in [-0.2, -0.15) is 0 Å². The van der Waals surface area contributed by atoms with Crippen LogP contribution >= 0.6 is 0 Å². The fourth-order valence-corrected chi connectivity index (χ4v) is 1.69. The number of esters is 1. The van der Waals surface area contributed by atoms with Crippen LogP contribution in [0, 0.1) is 0 Å². The van der Waals surface area contributed by atoms with E-state index in [2.05, 4.69) is 9.97 Å². The summed E-state index contributed by atoms with van der Waals surface area (Å²) >= 11 is 0. The summed E-state index contributed by atoms with van der Waals surface area (Å²) in [6, 6.07) is 9.56. The molecule has 1 atom stereocenters. The molecular weight excluding hydrogens is 256 g/mol. The van der Waals surface area contributed by atoms with Gasteiger partial charge in [-0.15, -0.1) is 0 Å². The van der Waals surface area contributed by atoms with Gasteiger partial charge in [-0.05, 0) is 6.92 Å². The highest BCUT2D eigenvalue weighted by Crippen LogP contribution is 2.13. The highest BCUT2D eigenvalue weighted by molar-refractivity contribution is 5.88. The van der Waals surface area contributed by atoms with Gasteiger partial charge in [-0.1, -0.05) is 30.3 Å². The number of nitrogens with zero attached hydrogens (tertiary/aromatic N) is 2. The lowest BCUT2D eigenvalue weighted by molar-refractivity contribution is 0.0119. The second-order valence-electron chi connectivity index (χ2n) is 4.33. The normalized spacial score (nSPS) is 11.9. The first-order valence-electron chi connectivity index (χ1n) is 6.28. The van der Waals surface area contributed by atoms with Crippen molar-refractivity contribution >= 4 is 5.97 Å². The van der Waals surface area contributed by atoms with E-state index in [1.807, 2.05) is 30.3 Å². The maximum atomic E-state index is 11.8. The second kappa shape index (κ2) is 6.77. The number of ether oxygens (including phenoxy) is 2. The molecule has 1 aromatic heterocycles. The molecule has 0 fully saturated rings. The van der Waals surface area contributed by atoms with Crippen LogP contribution in [0.2, 0.25) is 0 Å². The Hall–Kier alpha value is -2.27. The molecule has 0 N–H and O–H groups in total. The summed E-state index contributed by atoms with van der Waals surface area (Å²) in [7, 11) is 1.56. The lowest BCUT2D eigenvalue weighted by atomic mass is 10.2. The number of hydrogen-bond acceptors (Lipinski definition) is 5. The highest BCUT2D eigenvalue weighted by Gasteiger charge is 2.13. The molecule has 1 heterocycles. The van der Waals surface area contributed by atoms with E-state index < -0.39 is 5.97 Å². The summed E-state index contributed by atoms with van der Waals surface area (Å²) in [6.45, 7) is 2.12. The second-order valence-corrected chi connectivity index (χ2v) is 4.33. The van der Waals surface area contributed by atoms with Crippen LogP contribution in [0.25, 0.3) is 11.4 Å². The minimum atomic E-state index is -0.450. The van der Waals surface area contributed by atoms with Gasteiger partial charge in [0.15, 0.2) is 5.82 Å². The zero-order chi connectivity index (χ0) is 14.4. The smallest absolute Gasteiger partial charge is 0.341 e. The van der Waals surface area contributed by atoms with E-state index in [9.17, 15) is 4.79 Å². The van der Waals surface area contributed by atoms with Gasteiger partial charge in [0.05, 0.1) is 12.2 Å². The maximum Gasteiger partial charge on any atom is 0.341 e. The molecular formula is C15H16N2O3. The van der Waals surface area contributed by atoms with Crippen LogP contribution in [0.1, 0.15) is 17.3 Å². The molecule has 0 unspecified atom stereocenters. The minimum absolute atomic E-state index is 0.304. The Morgan fingerprint density at radius 2 is 1.85 bits per heavy atom. The largest absolute Gasteiger partial charge is 0.457 e. The summed E-state index contributed by atoms with van der Waals surface area (Å²) < 4.78 is 10.1. The third-order valence-electron chi connectivity index (χ3n) is 2.63. The molecule has 0 aliphatic heterocycles. The molecule has 0 saturated heterocycles. The zero-order valence-electron chi connectivity index (χ0n) is 11.4. The molecule has 20 heavy (non-hydrogen) atoms. The summed E-state index contributed by atoms with van der Waals surface area (Å²) in [5.41, 5.74) is 1.23. The van der Waals surface area contributed by atoms with Crippen molar-refractivity contribution < 1.29 is 14.3 Å². The van der Waals surface area contributed by atoms with Crippen molar-refractivity contribution in [1.29, 1.82) is 0 Å². The monoisotopic (exact) mass is 272 g/mol. The molecule has 0 radical (unpaired) electrons. The Balaban J connectivity index is 2.07. The molecule has 0 spiro atoms. The Morgan fingerprint density at radius 1 is 1.20 bits per heavy atom. The Bertz CT molecular complexity index is 555. The molecule has 0 aliphatic carbocycles. The van der Waals surface area contributed by atoms with E-state index in [0.717, 1.165) is 5.56 Å². The Morgan fingerprint density at radius 3 is 2.45 bits per heavy atom. The summed E-state index contributed by atoms with van der Waals surface area (Å²) in [6.07, 6.45) is 2.63. The van der Waals surface area contributed by atoms with Crippen LogP contribution in [0.3, 0.4) is 0 Å². The molecule has 0 aliphatic rings. The molecule has 1 aromatic carbocycles. The van der Waals surface area contributed by atoms with E-state index in [1.54, 1.807) is 14.0 Å². The topological polar surface area (TPSA) is 61.3 Å². The van der Waals surface area contributed by atoms with Gasteiger partial charge in [-0.25, -0.2) is 14.8 Å². The lowest BCUT2D eigenvalue weighted by Crippen LogP contribution is -2.19. The van der Waals surface area contributed by atoms with Gasteiger partial charge >= 0.3 is 5.97 Å². The van der Waals surface area contributed by atoms with Crippen molar-refractivity contribution in [3.63, 3.8) is 0 Å². The average Bonchev–Trinajstić information content (AvgIpc) is 2.48. The fourth-order valence-electron chi connectivity index (χ4n) is 1.69. The number of methoxy groups -OCH3 is 1. The van der Waals surface area contributed by atoms with Gasteiger partial charge in [0.2, 0.25) is 0 Å². The van der Waals surface area contributed by atoms with E-state index >= 15 is 0 Å². The lowest BCUT2D eigenvalue weighted by Gasteiger charge is -2.11. The number of hydrogen-bond donors (Lipinski definition) is 0. The van der Waals surface area contributed by atoms with Gasteiger partial charge in [0, 0.05) is 25.1 Å². The van der Waals surface area contributed by atoms with Crippen molar-refractivity contribution in [1.82, 2.24) is 9.97 Å². The number of rotatable bonds is 5. The molecule has 2 aromatic rings. The molecule has 5 nitrogen and oxygen atoms in total. The van der Waals surface area contributed by atoms with E-state index in [4.69, 9.17) is 9.47 Å². The third kappa shape index (κ3) is 3.61. The molecule has 5 heteroatoms. The number of benzene rings is 1. The van der Waals surface area contributed by atoms with Crippen molar-refractivity contribution in [3.05, 3.63) is 48.3 Å². The summed E-state index contributed by atoms with van der Waals surface area (Å²) in [4.78, 5) is 20.2. The van der Waals surface area contributed by atoms with Crippen LogP contribution < -0.4 is 0 Å². The van der Waals surface area contributed by atoms with Crippen LogP contribution in [0.15, 0.2) is 42.7 Å². The summed E-state index contributed by atoms with van der Waals surface area (Å²) in [5, 5.41) is 0. The number of carbonyl (C=O) groups excluding carboxylic acids is 1. The van der Waals surface area contributed by atoms with Crippen molar-refractivity contribution in [2.24, 2.45) is 0 Å². The quantitative estimate of drug-likeness (QED) is 0.782. The highest BCUT2D eigenvalue weighted by atomic mass is 16.6. The standard InChI is InChI=1S/C15H16N2O3/c1-11(10-19-2)20-15(18)13-8-16-14(17-9-13)12-6-4-3-5-7-12/h3-9,11H,10H2,1-2H3/t11-/m1/s1. The predicted molar refractivity (Wildman–Crippen MR) is 74.2 cm³/mol. The van der Waals surface area contributed by atoms with Crippen LogP contribution in [-0.4, -0.2) is 35.8 Å². The number of aromatic nitrogens is 2. The van der Waals surface area contributed by atoms with Crippen LogP contribution in [-0.2, 0) is 9.47 Å². The summed E-state index contributed by atoms with van der Waals surface area (Å²) in [5.74, 6) is 0.126. The van der Waals surface area contributed by atoms with E-state index in [1.165, 1.54) is 12.4 Å². The number of carbonyl (C=O) groups is 1. The predicted octanol–water partition coefficient (Wildman–Crippen LogP) is 2.34. The first-order valence-corrected chi connectivity index (χ1v) is 6.28. The molecule has 0 amide bonds. The van der Waals surface area contributed by atoms with Gasteiger partial charge in [0.25, 0.3) is 0 Å². The fraction of sp³-hybridized carbons (Fsp3) is 0.267. The Labute approximate surface area is 117 Å². The van der Waals surface area contributed by atoms with E-state index in [-0.39, 0.29) is 6.10 Å². The average molecular weight is 272 g/mol. The van der Waals surface area contributed by atoms with Gasteiger partial charge in [-0.3, -0.25) is 0 Å². The zero-order valence-corrected chi connectivity index (χ0v) is 11.4. The molecule has 104 valence electrons. The Kier molecular flexibility index (Phi) is 4.79.